The van der Waals surface area contributed by atoms with E-state index >= 15 is 0 Å². The fourth-order valence-electron chi connectivity index (χ4n) is 5.10. The van der Waals surface area contributed by atoms with Gasteiger partial charge in [0.1, 0.15) is 0 Å². The van der Waals surface area contributed by atoms with Crippen LogP contribution in [0.2, 0.25) is 10.0 Å². The van der Waals surface area contributed by atoms with Gasteiger partial charge in [-0.25, -0.2) is 0 Å². The Morgan fingerprint density at radius 2 is 1.56 bits per heavy atom. The van der Waals surface area contributed by atoms with Crippen LogP contribution >= 0.6 is 23.2 Å². The number of hydrogen-bond donors (Lipinski definition) is 2. The summed E-state index contributed by atoms with van der Waals surface area (Å²) in [5.74, 6) is 0. The van der Waals surface area contributed by atoms with Crippen LogP contribution in [0.5, 0.6) is 0 Å². The standard InChI is InChI=1S/C33H43Cl2N3O3/c34-30-22-28(23-31(35)33(30)36)32(39)25-37(24-27-8-4-3-5-9-27)15-6-1-2-7-18-40-19-14-26-10-12-29(13-11-26)38-16-20-41-21-17-38/h3-5,8-13,22-23,32,39H,1-2,6-7,14-21,24-25,36H2. The van der Waals surface area contributed by atoms with E-state index in [1.54, 1.807) is 12.1 Å². The van der Waals surface area contributed by atoms with Crippen molar-refractivity contribution >= 4 is 34.6 Å². The van der Waals surface area contributed by atoms with Crippen LogP contribution in [-0.4, -0.2) is 62.6 Å². The third kappa shape index (κ3) is 10.5. The number of unbranched alkanes of at least 4 members (excludes halogenated alkanes) is 3. The van der Waals surface area contributed by atoms with Crippen molar-refractivity contribution in [1.29, 1.82) is 0 Å². The highest BCUT2D eigenvalue weighted by Gasteiger charge is 2.17. The number of benzene rings is 3. The zero-order valence-electron chi connectivity index (χ0n) is 23.8. The summed E-state index contributed by atoms with van der Waals surface area (Å²) in [6.45, 7) is 7.22. The van der Waals surface area contributed by atoms with E-state index in [0.717, 1.165) is 84.7 Å². The van der Waals surface area contributed by atoms with Gasteiger partial charge < -0.3 is 25.2 Å². The van der Waals surface area contributed by atoms with Crippen LogP contribution in [0.4, 0.5) is 11.4 Å². The van der Waals surface area contributed by atoms with Crippen molar-refractivity contribution in [3.8, 4) is 0 Å². The highest BCUT2D eigenvalue weighted by Crippen LogP contribution is 2.31. The van der Waals surface area contributed by atoms with Crippen molar-refractivity contribution in [2.75, 3.05) is 63.2 Å². The van der Waals surface area contributed by atoms with E-state index in [4.69, 9.17) is 38.4 Å². The maximum absolute atomic E-state index is 11.0. The van der Waals surface area contributed by atoms with Gasteiger partial charge in [-0.05, 0) is 66.8 Å². The van der Waals surface area contributed by atoms with Gasteiger partial charge in [0.25, 0.3) is 0 Å². The molecule has 1 fully saturated rings. The molecule has 3 aromatic rings. The van der Waals surface area contributed by atoms with Gasteiger partial charge in [-0.15, -0.1) is 0 Å². The van der Waals surface area contributed by atoms with Crippen LogP contribution in [0.1, 0.15) is 48.5 Å². The molecule has 3 N–H and O–H groups in total. The van der Waals surface area contributed by atoms with Crippen molar-refractivity contribution in [3.05, 3.63) is 93.5 Å². The smallest absolute Gasteiger partial charge is 0.0918 e. The lowest BCUT2D eigenvalue weighted by molar-refractivity contribution is 0.107. The zero-order valence-corrected chi connectivity index (χ0v) is 25.3. The van der Waals surface area contributed by atoms with Crippen molar-refractivity contribution in [1.82, 2.24) is 4.90 Å². The number of nitrogens with two attached hydrogens (primary N) is 1. The predicted molar refractivity (Wildman–Crippen MR) is 170 cm³/mol. The van der Waals surface area contributed by atoms with Crippen LogP contribution in [0.15, 0.2) is 66.7 Å². The van der Waals surface area contributed by atoms with E-state index in [2.05, 4.69) is 46.2 Å². The van der Waals surface area contributed by atoms with E-state index in [0.29, 0.717) is 27.8 Å². The third-order valence-corrected chi connectivity index (χ3v) is 8.15. The van der Waals surface area contributed by atoms with Crippen molar-refractivity contribution in [2.24, 2.45) is 0 Å². The average Bonchev–Trinajstić information content (AvgIpc) is 3.00. The molecule has 0 spiro atoms. The third-order valence-electron chi connectivity index (χ3n) is 7.53. The van der Waals surface area contributed by atoms with E-state index in [9.17, 15) is 5.11 Å². The van der Waals surface area contributed by atoms with E-state index in [1.165, 1.54) is 16.8 Å². The molecule has 1 aliphatic rings. The Labute approximate surface area is 255 Å². The number of nitrogens with zero attached hydrogens (tertiary/aromatic N) is 2. The predicted octanol–water partition coefficient (Wildman–Crippen LogP) is 6.77. The molecule has 1 atom stereocenters. The second-order valence-electron chi connectivity index (χ2n) is 10.7. The van der Waals surface area contributed by atoms with E-state index in [-0.39, 0.29) is 0 Å². The fourth-order valence-corrected chi connectivity index (χ4v) is 5.61. The molecule has 222 valence electrons. The summed E-state index contributed by atoms with van der Waals surface area (Å²) in [5.41, 5.74) is 10.7. The Kier molecular flexibility index (Phi) is 13.1. The SMILES string of the molecule is Nc1c(Cl)cc(C(O)CN(CCCCCCOCCc2ccc(N3CCOCC3)cc2)Cc2ccccc2)cc1Cl. The molecule has 4 rings (SSSR count). The lowest BCUT2D eigenvalue weighted by atomic mass is 10.1. The molecule has 6 nitrogen and oxygen atoms in total. The summed E-state index contributed by atoms with van der Waals surface area (Å²) in [4.78, 5) is 4.66. The Balaban J connectivity index is 1.13. The highest BCUT2D eigenvalue weighted by molar-refractivity contribution is 6.38. The minimum atomic E-state index is -0.710. The Morgan fingerprint density at radius 1 is 0.878 bits per heavy atom. The number of rotatable bonds is 16. The van der Waals surface area contributed by atoms with Gasteiger partial charge in [0, 0.05) is 38.5 Å². The van der Waals surface area contributed by atoms with Crippen molar-refractivity contribution in [2.45, 2.75) is 44.8 Å². The maximum Gasteiger partial charge on any atom is 0.0918 e. The van der Waals surface area contributed by atoms with E-state index in [1.807, 2.05) is 18.2 Å². The minimum Gasteiger partial charge on any atom is -0.396 e. The second-order valence-corrected chi connectivity index (χ2v) is 11.5. The number of nitrogen functional groups attached to an aromatic ring is 1. The number of halogens is 2. The monoisotopic (exact) mass is 599 g/mol. The maximum atomic E-state index is 11.0. The summed E-state index contributed by atoms with van der Waals surface area (Å²) in [6, 6.07) is 22.6. The number of hydrogen-bond acceptors (Lipinski definition) is 6. The summed E-state index contributed by atoms with van der Waals surface area (Å²) in [7, 11) is 0. The molecule has 0 bridgehead atoms. The molecule has 8 heteroatoms. The molecule has 0 amide bonds. The summed E-state index contributed by atoms with van der Waals surface area (Å²) >= 11 is 12.4. The number of aliphatic hydroxyl groups excluding tert-OH is 1. The Bertz CT molecular complexity index is 1150. The van der Waals surface area contributed by atoms with Gasteiger partial charge in [-0.3, -0.25) is 4.90 Å². The Morgan fingerprint density at radius 3 is 2.27 bits per heavy atom. The molecule has 0 aromatic heterocycles. The molecular formula is C33H43Cl2N3O3. The second kappa shape index (κ2) is 17.0. The quantitative estimate of drug-likeness (QED) is 0.140. The molecular weight excluding hydrogens is 557 g/mol. The molecule has 0 aliphatic carbocycles. The van der Waals surface area contributed by atoms with Crippen LogP contribution in [-0.2, 0) is 22.4 Å². The number of anilines is 2. The van der Waals surface area contributed by atoms with Gasteiger partial charge in [0.05, 0.1) is 41.7 Å². The number of aliphatic hydroxyl groups is 1. The van der Waals surface area contributed by atoms with E-state index < -0.39 is 6.10 Å². The molecule has 3 aromatic carbocycles. The molecule has 41 heavy (non-hydrogen) atoms. The highest BCUT2D eigenvalue weighted by atomic mass is 35.5. The molecule has 1 heterocycles. The summed E-state index contributed by atoms with van der Waals surface area (Å²) in [6.07, 6.45) is 4.58. The molecule has 1 aliphatic heterocycles. The first-order valence-electron chi connectivity index (χ1n) is 14.7. The normalized spacial score (nSPS) is 14.5. The number of morpholine rings is 1. The molecule has 1 saturated heterocycles. The van der Waals surface area contributed by atoms with Gasteiger partial charge in [0.15, 0.2) is 0 Å². The van der Waals surface area contributed by atoms with Crippen molar-refractivity contribution in [3.63, 3.8) is 0 Å². The number of ether oxygens (including phenoxy) is 2. The minimum absolute atomic E-state index is 0.340. The van der Waals surface area contributed by atoms with Crippen molar-refractivity contribution < 1.29 is 14.6 Å². The molecule has 1 unspecified atom stereocenters. The van der Waals surface area contributed by atoms with Crippen LogP contribution < -0.4 is 10.6 Å². The van der Waals surface area contributed by atoms with Crippen LogP contribution in [0.25, 0.3) is 0 Å². The fraction of sp³-hybridized carbons (Fsp3) is 0.455. The zero-order chi connectivity index (χ0) is 28.9. The van der Waals surface area contributed by atoms with Gasteiger partial charge in [-0.1, -0.05) is 78.5 Å². The average molecular weight is 601 g/mol. The lowest BCUT2D eigenvalue weighted by Crippen LogP contribution is -2.36. The Hall–Kier alpha value is -2.32. The molecule has 0 saturated carbocycles. The first-order valence-corrected chi connectivity index (χ1v) is 15.4. The summed E-state index contributed by atoms with van der Waals surface area (Å²) in [5, 5.41) is 11.7. The first-order chi connectivity index (χ1) is 20.0. The molecule has 0 radical (unpaired) electrons. The largest absolute Gasteiger partial charge is 0.396 e. The van der Waals surface area contributed by atoms with Gasteiger partial charge in [-0.2, -0.15) is 0 Å². The first kappa shape index (κ1) is 31.6. The van der Waals surface area contributed by atoms with Crippen LogP contribution in [0.3, 0.4) is 0 Å². The van der Waals surface area contributed by atoms with Gasteiger partial charge >= 0.3 is 0 Å². The lowest BCUT2D eigenvalue weighted by Gasteiger charge is -2.28. The topological polar surface area (TPSA) is 71.2 Å². The van der Waals surface area contributed by atoms with Gasteiger partial charge in [0.2, 0.25) is 0 Å². The van der Waals surface area contributed by atoms with Crippen LogP contribution in [0, 0.1) is 0 Å². The summed E-state index contributed by atoms with van der Waals surface area (Å²) < 4.78 is 11.4.